The molecule has 1 saturated heterocycles. The van der Waals surface area contributed by atoms with Gasteiger partial charge >= 0.3 is 0 Å². The Hall–Kier alpha value is -0.150. The van der Waals surface area contributed by atoms with E-state index in [1.54, 1.807) is 0 Å². The Morgan fingerprint density at radius 3 is 2.29 bits per heavy atom. The minimum Gasteiger partial charge on any atom is -0.393 e. The lowest BCUT2D eigenvalue weighted by Crippen LogP contribution is -2.38. The molecule has 1 heterocycles. The van der Waals surface area contributed by atoms with Gasteiger partial charge in [-0.1, -0.05) is 39.9 Å². The fourth-order valence-electron chi connectivity index (χ4n) is 2.25. The van der Waals surface area contributed by atoms with Crippen molar-refractivity contribution < 1.29 is 0 Å². The van der Waals surface area contributed by atoms with Crippen LogP contribution in [-0.2, 0) is 0 Å². The van der Waals surface area contributed by atoms with E-state index in [1.165, 1.54) is 38.9 Å². The lowest BCUT2D eigenvalue weighted by atomic mass is 9.82. The van der Waals surface area contributed by atoms with E-state index in [1.807, 2.05) is 0 Å². The first-order chi connectivity index (χ1) is 7.73. The van der Waals surface area contributed by atoms with Crippen LogP contribution in [0.3, 0.4) is 0 Å². The molecule has 0 saturated carbocycles. The number of likely N-dealkylation sites (tertiary alicyclic amines) is 1. The van der Waals surface area contributed by atoms with E-state index in [2.05, 4.69) is 32.6 Å². The van der Waals surface area contributed by atoms with E-state index < -0.39 is 0 Å². The average Bonchev–Trinajstić information content (AvgIpc) is 2.20. The molecule has 0 atom stereocenters. The summed E-state index contributed by atoms with van der Waals surface area (Å²) >= 11 is 5.10. The van der Waals surface area contributed by atoms with Crippen molar-refractivity contribution in [2.45, 2.75) is 53.4 Å². The van der Waals surface area contributed by atoms with E-state index >= 15 is 0 Å². The van der Waals surface area contributed by atoms with Gasteiger partial charge in [-0.05, 0) is 50.7 Å². The number of hydrogen-bond acceptors (Lipinski definition) is 2. The number of rotatable bonds is 5. The molecule has 2 nitrogen and oxygen atoms in total. The van der Waals surface area contributed by atoms with Gasteiger partial charge in [0, 0.05) is 5.41 Å². The standard InChI is InChI=1S/C14H28N2S/c1-13(2)7-10-16(11-8-13)9-5-6-14(3,4)12(15)17/h5-11H2,1-4H3,(H2,15,17). The third kappa shape index (κ3) is 4.92. The minimum absolute atomic E-state index is 0.0182. The fraction of sp³-hybridized carbons (Fsp3) is 0.929. The molecule has 0 spiro atoms. The summed E-state index contributed by atoms with van der Waals surface area (Å²) in [5.41, 5.74) is 6.31. The molecule has 0 aromatic rings. The Bertz CT molecular complexity index is 261. The van der Waals surface area contributed by atoms with Crippen molar-refractivity contribution in [1.82, 2.24) is 4.90 Å². The highest BCUT2D eigenvalue weighted by Gasteiger charge is 2.26. The van der Waals surface area contributed by atoms with E-state index in [9.17, 15) is 0 Å². The molecule has 3 heteroatoms. The molecule has 0 unspecified atom stereocenters. The second-order valence-electron chi connectivity index (χ2n) is 6.86. The molecule has 1 fully saturated rings. The minimum atomic E-state index is 0.0182. The van der Waals surface area contributed by atoms with E-state index in [4.69, 9.17) is 18.0 Å². The highest BCUT2D eigenvalue weighted by atomic mass is 32.1. The molecule has 1 aliphatic rings. The van der Waals surface area contributed by atoms with E-state index in [0.29, 0.717) is 10.4 Å². The molecule has 0 aliphatic carbocycles. The normalized spacial score (nSPS) is 21.4. The molecular formula is C14H28N2S. The van der Waals surface area contributed by atoms with Crippen LogP contribution < -0.4 is 5.73 Å². The summed E-state index contributed by atoms with van der Waals surface area (Å²) in [6, 6.07) is 0. The molecule has 0 radical (unpaired) electrons. The molecule has 1 rings (SSSR count). The Balaban J connectivity index is 2.23. The van der Waals surface area contributed by atoms with Crippen LogP contribution in [0.15, 0.2) is 0 Å². The Morgan fingerprint density at radius 2 is 1.82 bits per heavy atom. The highest BCUT2D eigenvalue weighted by Crippen LogP contribution is 2.30. The van der Waals surface area contributed by atoms with Crippen LogP contribution in [0.4, 0.5) is 0 Å². The van der Waals surface area contributed by atoms with Gasteiger partial charge in [-0.3, -0.25) is 0 Å². The lowest BCUT2D eigenvalue weighted by Gasteiger charge is -2.37. The second kappa shape index (κ2) is 5.66. The monoisotopic (exact) mass is 256 g/mol. The van der Waals surface area contributed by atoms with E-state index in [-0.39, 0.29) is 5.41 Å². The summed E-state index contributed by atoms with van der Waals surface area (Å²) in [4.78, 5) is 3.23. The quantitative estimate of drug-likeness (QED) is 0.766. The van der Waals surface area contributed by atoms with E-state index in [0.717, 1.165) is 6.42 Å². The van der Waals surface area contributed by atoms with Crippen molar-refractivity contribution in [3.05, 3.63) is 0 Å². The maximum Gasteiger partial charge on any atom is 0.0784 e. The van der Waals surface area contributed by atoms with Gasteiger partial charge in [0.15, 0.2) is 0 Å². The third-order valence-corrected chi connectivity index (χ3v) is 4.71. The summed E-state index contributed by atoms with van der Waals surface area (Å²) in [5.74, 6) is 0. The maximum absolute atomic E-state index is 5.74. The molecule has 0 bridgehead atoms. The van der Waals surface area contributed by atoms with Gasteiger partial charge in [0.2, 0.25) is 0 Å². The van der Waals surface area contributed by atoms with Gasteiger partial charge in [-0.15, -0.1) is 0 Å². The summed E-state index contributed by atoms with van der Waals surface area (Å²) in [6.07, 6.45) is 4.95. The van der Waals surface area contributed by atoms with Crippen LogP contribution in [0, 0.1) is 10.8 Å². The van der Waals surface area contributed by atoms with Crippen molar-refractivity contribution in [2.24, 2.45) is 16.6 Å². The highest BCUT2D eigenvalue weighted by molar-refractivity contribution is 7.80. The average molecular weight is 256 g/mol. The summed E-state index contributed by atoms with van der Waals surface area (Å²) in [7, 11) is 0. The van der Waals surface area contributed by atoms with Gasteiger partial charge in [-0.25, -0.2) is 0 Å². The van der Waals surface area contributed by atoms with Crippen molar-refractivity contribution in [2.75, 3.05) is 19.6 Å². The van der Waals surface area contributed by atoms with Crippen molar-refractivity contribution in [3.8, 4) is 0 Å². The first kappa shape index (κ1) is 14.9. The van der Waals surface area contributed by atoms with Crippen LogP contribution in [0.25, 0.3) is 0 Å². The number of hydrogen-bond donors (Lipinski definition) is 1. The van der Waals surface area contributed by atoms with Crippen molar-refractivity contribution in [1.29, 1.82) is 0 Å². The van der Waals surface area contributed by atoms with Gasteiger partial charge in [0.1, 0.15) is 0 Å². The van der Waals surface area contributed by atoms with Gasteiger partial charge in [0.25, 0.3) is 0 Å². The molecule has 100 valence electrons. The molecule has 0 aromatic heterocycles. The third-order valence-electron chi connectivity index (χ3n) is 4.15. The Kier molecular flexibility index (Phi) is 4.96. The Morgan fingerprint density at radius 1 is 1.29 bits per heavy atom. The van der Waals surface area contributed by atoms with Gasteiger partial charge < -0.3 is 10.6 Å². The van der Waals surface area contributed by atoms with Crippen molar-refractivity contribution >= 4 is 17.2 Å². The smallest absolute Gasteiger partial charge is 0.0784 e. The molecule has 2 N–H and O–H groups in total. The number of nitrogens with two attached hydrogens (primary N) is 1. The van der Waals surface area contributed by atoms with Gasteiger partial charge in [-0.2, -0.15) is 0 Å². The molecule has 17 heavy (non-hydrogen) atoms. The van der Waals surface area contributed by atoms with Crippen LogP contribution in [0.2, 0.25) is 0 Å². The predicted octanol–water partition coefficient (Wildman–Crippen LogP) is 3.20. The van der Waals surface area contributed by atoms with Gasteiger partial charge in [0.05, 0.1) is 4.99 Å². The Labute approximate surface area is 112 Å². The molecule has 1 aliphatic heterocycles. The maximum atomic E-state index is 5.74. The summed E-state index contributed by atoms with van der Waals surface area (Å²) < 4.78 is 0. The second-order valence-corrected chi connectivity index (χ2v) is 7.30. The first-order valence-electron chi connectivity index (χ1n) is 6.75. The number of nitrogens with zero attached hydrogens (tertiary/aromatic N) is 1. The number of piperidine rings is 1. The fourth-order valence-corrected chi connectivity index (χ4v) is 2.35. The SMILES string of the molecule is CC1(C)CCN(CCCC(C)(C)C(N)=S)CC1. The first-order valence-corrected chi connectivity index (χ1v) is 7.16. The van der Waals surface area contributed by atoms with Crippen LogP contribution >= 0.6 is 12.2 Å². The van der Waals surface area contributed by atoms with Crippen molar-refractivity contribution in [3.63, 3.8) is 0 Å². The zero-order valence-electron chi connectivity index (χ0n) is 11.9. The lowest BCUT2D eigenvalue weighted by molar-refractivity contribution is 0.129. The molecule has 0 amide bonds. The number of thiocarbonyl (C=S) groups is 1. The summed E-state index contributed by atoms with van der Waals surface area (Å²) in [6.45, 7) is 12.7. The summed E-state index contributed by atoms with van der Waals surface area (Å²) in [5, 5.41) is 0. The topological polar surface area (TPSA) is 29.3 Å². The molecule has 0 aromatic carbocycles. The largest absolute Gasteiger partial charge is 0.393 e. The molecular weight excluding hydrogens is 228 g/mol. The van der Waals surface area contributed by atoms with Crippen LogP contribution in [-0.4, -0.2) is 29.5 Å². The predicted molar refractivity (Wildman–Crippen MR) is 79.3 cm³/mol. The van der Waals surface area contributed by atoms with Crippen LogP contribution in [0.1, 0.15) is 53.4 Å². The van der Waals surface area contributed by atoms with Crippen LogP contribution in [0.5, 0.6) is 0 Å². The zero-order chi connectivity index (χ0) is 13.1. The zero-order valence-corrected chi connectivity index (χ0v) is 12.7.